The Balaban J connectivity index is 2.43. The van der Waals surface area contributed by atoms with Crippen LogP contribution in [0.15, 0.2) is 30.9 Å². The molecule has 1 N–H and O–H groups in total. The van der Waals surface area contributed by atoms with Gasteiger partial charge in [-0.25, -0.2) is 19.3 Å². The highest BCUT2D eigenvalue weighted by Gasteiger charge is 2.05. The maximum Gasteiger partial charge on any atom is 0.162 e. The van der Waals surface area contributed by atoms with E-state index in [1.165, 1.54) is 18.7 Å². The summed E-state index contributed by atoms with van der Waals surface area (Å²) in [7, 11) is 1.67. The van der Waals surface area contributed by atoms with Gasteiger partial charge >= 0.3 is 0 Å². The molecular formula is C10H9FN4. The van der Waals surface area contributed by atoms with Gasteiger partial charge in [0, 0.05) is 12.6 Å². The van der Waals surface area contributed by atoms with Gasteiger partial charge in [0.25, 0.3) is 0 Å². The van der Waals surface area contributed by atoms with Crippen LogP contribution in [0.5, 0.6) is 0 Å². The first-order chi connectivity index (χ1) is 7.31. The fourth-order valence-electron chi connectivity index (χ4n) is 1.25. The molecule has 0 atom stereocenters. The Kier molecular flexibility index (Phi) is 2.53. The zero-order valence-electron chi connectivity index (χ0n) is 8.11. The van der Waals surface area contributed by atoms with Crippen LogP contribution < -0.4 is 5.32 Å². The Hall–Kier alpha value is -2.04. The van der Waals surface area contributed by atoms with Crippen LogP contribution in [0.1, 0.15) is 0 Å². The first kappa shape index (κ1) is 9.51. The van der Waals surface area contributed by atoms with E-state index >= 15 is 0 Å². The van der Waals surface area contributed by atoms with Crippen molar-refractivity contribution in [3.8, 4) is 11.4 Å². The number of benzene rings is 1. The van der Waals surface area contributed by atoms with Crippen LogP contribution >= 0.6 is 0 Å². The molecule has 76 valence electrons. The van der Waals surface area contributed by atoms with Gasteiger partial charge in [0.05, 0.1) is 5.69 Å². The predicted molar refractivity (Wildman–Crippen MR) is 54.8 cm³/mol. The Morgan fingerprint density at radius 2 is 1.93 bits per heavy atom. The molecule has 0 aliphatic rings. The molecule has 1 aromatic heterocycles. The summed E-state index contributed by atoms with van der Waals surface area (Å²) >= 11 is 0. The second kappa shape index (κ2) is 4.00. The molecule has 0 aliphatic heterocycles. The molecular weight excluding hydrogens is 195 g/mol. The number of halogens is 1. The molecule has 0 unspecified atom stereocenters. The Labute approximate surface area is 86.2 Å². The second-order valence-electron chi connectivity index (χ2n) is 2.91. The van der Waals surface area contributed by atoms with Crippen LogP contribution in [0, 0.1) is 5.82 Å². The fourth-order valence-corrected chi connectivity index (χ4v) is 1.25. The first-order valence-corrected chi connectivity index (χ1v) is 4.41. The van der Waals surface area contributed by atoms with E-state index in [2.05, 4.69) is 20.3 Å². The van der Waals surface area contributed by atoms with E-state index in [0.717, 1.165) is 0 Å². The molecule has 1 heterocycles. The number of nitrogens with zero attached hydrogens (tertiary/aromatic N) is 3. The van der Waals surface area contributed by atoms with Crippen LogP contribution in [-0.2, 0) is 0 Å². The van der Waals surface area contributed by atoms with Crippen LogP contribution in [-0.4, -0.2) is 22.0 Å². The van der Waals surface area contributed by atoms with Gasteiger partial charge in [-0.05, 0) is 18.2 Å². The number of hydrogen-bond donors (Lipinski definition) is 1. The van der Waals surface area contributed by atoms with Crippen molar-refractivity contribution in [2.24, 2.45) is 0 Å². The normalized spacial score (nSPS) is 10.0. The van der Waals surface area contributed by atoms with Crippen LogP contribution in [0.4, 0.5) is 10.1 Å². The van der Waals surface area contributed by atoms with Crippen LogP contribution in [0.2, 0.25) is 0 Å². The van der Waals surface area contributed by atoms with Crippen molar-refractivity contribution < 1.29 is 4.39 Å². The molecule has 0 fully saturated rings. The highest BCUT2D eigenvalue weighted by Crippen LogP contribution is 2.20. The molecule has 2 rings (SSSR count). The average molecular weight is 204 g/mol. The van der Waals surface area contributed by atoms with Gasteiger partial charge in [0.15, 0.2) is 5.82 Å². The molecule has 0 bridgehead atoms. The molecule has 15 heavy (non-hydrogen) atoms. The second-order valence-corrected chi connectivity index (χ2v) is 2.91. The summed E-state index contributed by atoms with van der Waals surface area (Å²) in [5.74, 6) is 0.141. The number of anilines is 1. The van der Waals surface area contributed by atoms with Crippen molar-refractivity contribution in [1.82, 2.24) is 15.0 Å². The third-order valence-corrected chi connectivity index (χ3v) is 1.99. The van der Waals surface area contributed by atoms with E-state index < -0.39 is 0 Å². The SMILES string of the molecule is CNc1ccc(-c2ncncn2)cc1F. The molecule has 5 heteroatoms. The molecule has 4 nitrogen and oxygen atoms in total. The van der Waals surface area contributed by atoms with Crippen LogP contribution in [0.25, 0.3) is 11.4 Å². The summed E-state index contributed by atoms with van der Waals surface area (Å²) < 4.78 is 13.4. The van der Waals surface area contributed by atoms with E-state index in [1.807, 2.05) is 0 Å². The lowest BCUT2D eigenvalue weighted by molar-refractivity contribution is 0.631. The highest BCUT2D eigenvalue weighted by atomic mass is 19.1. The largest absolute Gasteiger partial charge is 0.386 e. The van der Waals surface area contributed by atoms with Crippen molar-refractivity contribution >= 4 is 5.69 Å². The van der Waals surface area contributed by atoms with Crippen molar-refractivity contribution in [3.63, 3.8) is 0 Å². The highest BCUT2D eigenvalue weighted by molar-refractivity contribution is 5.59. The molecule has 0 spiro atoms. The number of nitrogens with one attached hydrogen (secondary N) is 1. The summed E-state index contributed by atoms with van der Waals surface area (Å²) in [5, 5.41) is 2.75. The monoisotopic (exact) mass is 204 g/mol. The molecule has 0 amide bonds. The third-order valence-electron chi connectivity index (χ3n) is 1.99. The van der Waals surface area contributed by atoms with E-state index in [4.69, 9.17) is 0 Å². The summed E-state index contributed by atoms with van der Waals surface area (Å²) in [6.07, 6.45) is 2.76. The zero-order chi connectivity index (χ0) is 10.7. The van der Waals surface area contributed by atoms with Gasteiger partial charge in [-0.3, -0.25) is 0 Å². The van der Waals surface area contributed by atoms with Crippen molar-refractivity contribution in [2.75, 3.05) is 12.4 Å². The molecule has 0 aliphatic carbocycles. The lowest BCUT2D eigenvalue weighted by Crippen LogP contribution is -1.94. The minimum atomic E-state index is -0.324. The van der Waals surface area contributed by atoms with Crippen LogP contribution in [0.3, 0.4) is 0 Å². The molecule has 0 saturated carbocycles. The van der Waals surface area contributed by atoms with Crippen molar-refractivity contribution in [1.29, 1.82) is 0 Å². The van der Waals surface area contributed by atoms with Crippen molar-refractivity contribution in [2.45, 2.75) is 0 Å². The third kappa shape index (κ3) is 1.90. The summed E-state index contributed by atoms with van der Waals surface area (Å²) in [5.41, 5.74) is 1.08. The maximum atomic E-state index is 13.4. The average Bonchev–Trinajstić information content (AvgIpc) is 2.30. The van der Waals surface area contributed by atoms with Gasteiger partial charge in [-0.2, -0.15) is 0 Å². The summed E-state index contributed by atoms with van der Waals surface area (Å²) in [6.45, 7) is 0. The lowest BCUT2D eigenvalue weighted by atomic mass is 10.2. The van der Waals surface area contributed by atoms with E-state index in [1.54, 1.807) is 19.2 Å². The van der Waals surface area contributed by atoms with Gasteiger partial charge in [-0.1, -0.05) is 0 Å². The number of rotatable bonds is 2. The van der Waals surface area contributed by atoms with Gasteiger partial charge in [0.1, 0.15) is 18.5 Å². The number of hydrogen-bond acceptors (Lipinski definition) is 4. The first-order valence-electron chi connectivity index (χ1n) is 4.41. The van der Waals surface area contributed by atoms with E-state index in [-0.39, 0.29) is 5.82 Å². The Morgan fingerprint density at radius 1 is 1.20 bits per heavy atom. The van der Waals surface area contributed by atoms with Gasteiger partial charge < -0.3 is 5.32 Å². The fraction of sp³-hybridized carbons (Fsp3) is 0.100. The minimum absolute atomic E-state index is 0.324. The quantitative estimate of drug-likeness (QED) is 0.809. The Morgan fingerprint density at radius 3 is 2.53 bits per heavy atom. The predicted octanol–water partition coefficient (Wildman–Crippen LogP) is 1.72. The summed E-state index contributed by atoms with van der Waals surface area (Å²) in [6, 6.07) is 4.79. The molecule has 2 aromatic rings. The van der Waals surface area contributed by atoms with E-state index in [9.17, 15) is 4.39 Å². The lowest BCUT2D eigenvalue weighted by Gasteiger charge is -2.03. The zero-order valence-corrected chi connectivity index (χ0v) is 8.11. The molecule has 0 radical (unpaired) electrons. The maximum absolute atomic E-state index is 13.4. The molecule has 1 aromatic carbocycles. The summed E-state index contributed by atoms with van der Waals surface area (Å²) in [4.78, 5) is 11.6. The standard InChI is InChI=1S/C10H9FN4/c1-12-9-3-2-7(4-8(9)11)10-14-5-13-6-15-10/h2-6,12H,1H3. The topological polar surface area (TPSA) is 50.7 Å². The van der Waals surface area contributed by atoms with Gasteiger partial charge in [0.2, 0.25) is 0 Å². The molecule has 0 saturated heterocycles. The van der Waals surface area contributed by atoms with Gasteiger partial charge in [-0.15, -0.1) is 0 Å². The van der Waals surface area contributed by atoms with E-state index in [0.29, 0.717) is 17.1 Å². The smallest absolute Gasteiger partial charge is 0.162 e. The number of aromatic nitrogens is 3. The van der Waals surface area contributed by atoms with Crippen molar-refractivity contribution in [3.05, 3.63) is 36.7 Å². The Bertz CT molecular complexity index is 458. The minimum Gasteiger partial charge on any atom is -0.386 e.